The number of piperazine rings is 1. The number of amides is 1. The molecule has 1 amide bonds. The van der Waals surface area contributed by atoms with Crippen molar-refractivity contribution < 1.29 is 14.6 Å². The van der Waals surface area contributed by atoms with Crippen LogP contribution >= 0.6 is 0 Å². The molecule has 2 rings (SSSR count). The van der Waals surface area contributed by atoms with Crippen LogP contribution in [0.25, 0.3) is 0 Å². The van der Waals surface area contributed by atoms with Gasteiger partial charge in [0.25, 0.3) is 0 Å². The molecule has 0 aromatic carbocycles. The Balaban J connectivity index is 1.85. The predicted octanol–water partition coefficient (Wildman–Crippen LogP) is 1.74. The van der Waals surface area contributed by atoms with Crippen molar-refractivity contribution in [1.82, 2.24) is 9.80 Å². The smallest absolute Gasteiger partial charge is 0.228 e. The average molecular weight is 326 g/mol. The van der Waals surface area contributed by atoms with E-state index in [1.54, 1.807) is 0 Å². The fourth-order valence-electron chi connectivity index (χ4n) is 3.98. The van der Waals surface area contributed by atoms with Gasteiger partial charge in [-0.15, -0.1) is 0 Å². The highest BCUT2D eigenvalue weighted by molar-refractivity contribution is 5.82. The zero-order chi connectivity index (χ0) is 16.9. The number of carbonyl (C=O) groups is 1. The molecule has 2 fully saturated rings. The Morgan fingerprint density at radius 2 is 1.83 bits per heavy atom. The molecule has 2 aliphatic rings. The molecule has 5 heteroatoms. The van der Waals surface area contributed by atoms with Crippen molar-refractivity contribution in [3.63, 3.8) is 0 Å². The first-order valence-corrected chi connectivity index (χ1v) is 9.20. The quantitative estimate of drug-likeness (QED) is 0.808. The summed E-state index contributed by atoms with van der Waals surface area (Å²) in [7, 11) is 0. The SMILES string of the molecule is CCC(CO)N1CCN(C(=O)C(C)(C)CC2CCOCC2)CC1. The van der Waals surface area contributed by atoms with Gasteiger partial charge in [0.15, 0.2) is 0 Å². The van der Waals surface area contributed by atoms with E-state index >= 15 is 0 Å². The summed E-state index contributed by atoms with van der Waals surface area (Å²) in [5, 5.41) is 9.43. The summed E-state index contributed by atoms with van der Waals surface area (Å²) in [4.78, 5) is 17.3. The van der Waals surface area contributed by atoms with Gasteiger partial charge in [0.05, 0.1) is 6.61 Å². The van der Waals surface area contributed by atoms with Gasteiger partial charge >= 0.3 is 0 Å². The molecule has 2 heterocycles. The number of carbonyl (C=O) groups excluding carboxylic acids is 1. The normalized spacial score (nSPS) is 23.0. The van der Waals surface area contributed by atoms with Crippen LogP contribution in [0.2, 0.25) is 0 Å². The van der Waals surface area contributed by atoms with Crippen LogP contribution in [0.4, 0.5) is 0 Å². The Kier molecular flexibility index (Phi) is 6.86. The van der Waals surface area contributed by atoms with Crippen LogP contribution in [0.15, 0.2) is 0 Å². The van der Waals surface area contributed by atoms with Crippen LogP contribution in [0, 0.1) is 11.3 Å². The lowest BCUT2D eigenvalue weighted by atomic mass is 9.78. The highest BCUT2D eigenvalue weighted by atomic mass is 16.5. The Bertz CT molecular complexity index is 368. The van der Waals surface area contributed by atoms with Gasteiger partial charge in [-0.2, -0.15) is 0 Å². The largest absolute Gasteiger partial charge is 0.395 e. The van der Waals surface area contributed by atoms with Crippen molar-refractivity contribution in [2.45, 2.75) is 52.5 Å². The summed E-state index contributed by atoms with van der Waals surface area (Å²) >= 11 is 0. The third-order valence-corrected chi connectivity index (χ3v) is 5.52. The minimum absolute atomic E-state index is 0.208. The molecule has 0 bridgehead atoms. The van der Waals surface area contributed by atoms with Crippen LogP contribution in [0.1, 0.15) is 46.5 Å². The van der Waals surface area contributed by atoms with E-state index in [0.717, 1.165) is 65.1 Å². The summed E-state index contributed by atoms with van der Waals surface area (Å²) < 4.78 is 5.43. The zero-order valence-electron chi connectivity index (χ0n) is 15.1. The van der Waals surface area contributed by atoms with Gasteiger partial charge in [-0.3, -0.25) is 9.69 Å². The second kappa shape index (κ2) is 8.45. The molecule has 1 atom stereocenters. The van der Waals surface area contributed by atoms with Gasteiger partial charge in [-0.1, -0.05) is 20.8 Å². The summed E-state index contributed by atoms with van der Waals surface area (Å²) in [5.74, 6) is 0.906. The van der Waals surface area contributed by atoms with Crippen LogP contribution in [0.5, 0.6) is 0 Å². The highest BCUT2D eigenvalue weighted by Gasteiger charge is 2.36. The molecule has 0 radical (unpaired) electrons. The van der Waals surface area contributed by atoms with Gasteiger partial charge < -0.3 is 14.7 Å². The first-order valence-electron chi connectivity index (χ1n) is 9.20. The van der Waals surface area contributed by atoms with Crippen molar-refractivity contribution in [1.29, 1.82) is 0 Å². The Morgan fingerprint density at radius 1 is 1.22 bits per heavy atom. The molecule has 2 aliphatic heterocycles. The van der Waals surface area contributed by atoms with E-state index in [9.17, 15) is 9.90 Å². The van der Waals surface area contributed by atoms with E-state index in [0.29, 0.717) is 11.8 Å². The second-order valence-electron chi connectivity index (χ2n) is 7.72. The summed E-state index contributed by atoms with van der Waals surface area (Å²) in [6.07, 6.45) is 4.08. The lowest BCUT2D eigenvalue weighted by Crippen LogP contribution is -2.55. The van der Waals surface area contributed by atoms with Crippen LogP contribution in [-0.2, 0) is 9.53 Å². The fourth-order valence-corrected chi connectivity index (χ4v) is 3.98. The topological polar surface area (TPSA) is 53.0 Å². The average Bonchev–Trinajstić information content (AvgIpc) is 2.56. The number of aliphatic hydroxyl groups excluding tert-OH is 1. The number of nitrogens with zero attached hydrogens (tertiary/aromatic N) is 2. The van der Waals surface area contributed by atoms with Crippen LogP contribution in [-0.4, -0.2) is 72.9 Å². The number of ether oxygens (including phenoxy) is 1. The van der Waals surface area contributed by atoms with E-state index in [1.807, 2.05) is 4.90 Å². The Hall–Kier alpha value is -0.650. The van der Waals surface area contributed by atoms with Gasteiger partial charge in [0.2, 0.25) is 5.91 Å². The predicted molar refractivity (Wildman–Crippen MR) is 91.3 cm³/mol. The monoisotopic (exact) mass is 326 g/mol. The van der Waals surface area contributed by atoms with Crippen LogP contribution < -0.4 is 0 Å². The van der Waals surface area contributed by atoms with Crippen LogP contribution in [0.3, 0.4) is 0 Å². The molecule has 0 aromatic rings. The molecule has 134 valence electrons. The van der Waals surface area contributed by atoms with E-state index in [-0.39, 0.29) is 18.1 Å². The highest BCUT2D eigenvalue weighted by Crippen LogP contribution is 2.33. The minimum Gasteiger partial charge on any atom is -0.395 e. The van der Waals surface area contributed by atoms with E-state index < -0.39 is 0 Å². The van der Waals surface area contributed by atoms with Gasteiger partial charge in [0, 0.05) is 50.8 Å². The molecular formula is C18H34N2O3. The van der Waals surface area contributed by atoms with E-state index in [1.165, 1.54) is 0 Å². The summed E-state index contributed by atoms with van der Waals surface area (Å²) in [6, 6.07) is 0.238. The molecule has 0 saturated carbocycles. The number of hydrogen-bond acceptors (Lipinski definition) is 4. The molecule has 1 N–H and O–H groups in total. The van der Waals surface area contributed by atoms with Gasteiger partial charge in [-0.25, -0.2) is 0 Å². The number of rotatable bonds is 6. The van der Waals surface area contributed by atoms with Crippen molar-refractivity contribution in [2.24, 2.45) is 11.3 Å². The maximum Gasteiger partial charge on any atom is 0.228 e. The lowest BCUT2D eigenvalue weighted by Gasteiger charge is -2.42. The Morgan fingerprint density at radius 3 is 2.35 bits per heavy atom. The Labute approximate surface area is 141 Å². The number of aliphatic hydroxyl groups is 1. The molecule has 2 saturated heterocycles. The van der Waals surface area contributed by atoms with Crippen molar-refractivity contribution >= 4 is 5.91 Å². The third-order valence-electron chi connectivity index (χ3n) is 5.52. The van der Waals surface area contributed by atoms with Crippen molar-refractivity contribution in [3.8, 4) is 0 Å². The molecule has 23 heavy (non-hydrogen) atoms. The maximum atomic E-state index is 12.9. The van der Waals surface area contributed by atoms with Crippen molar-refractivity contribution in [2.75, 3.05) is 46.0 Å². The lowest BCUT2D eigenvalue weighted by molar-refractivity contribution is -0.144. The summed E-state index contributed by atoms with van der Waals surface area (Å²) in [6.45, 7) is 11.5. The second-order valence-corrected chi connectivity index (χ2v) is 7.72. The fraction of sp³-hybridized carbons (Fsp3) is 0.944. The molecule has 1 unspecified atom stereocenters. The van der Waals surface area contributed by atoms with Crippen molar-refractivity contribution in [3.05, 3.63) is 0 Å². The molecule has 0 aromatic heterocycles. The molecule has 0 spiro atoms. The first kappa shape index (κ1) is 18.7. The van der Waals surface area contributed by atoms with Gasteiger partial charge in [0.1, 0.15) is 0 Å². The van der Waals surface area contributed by atoms with Gasteiger partial charge in [-0.05, 0) is 31.6 Å². The molecule has 5 nitrogen and oxygen atoms in total. The third kappa shape index (κ3) is 4.91. The number of hydrogen-bond donors (Lipinski definition) is 1. The standard InChI is InChI=1S/C18H34N2O3/c1-4-16(14-21)19-7-9-20(10-8-19)17(22)18(2,3)13-15-5-11-23-12-6-15/h15-16,21H,4-14H2,1-3H3. The summed E-state index contributed by atoms with van der Waals surface area (Å²) in [5.41, 5.74) is -0.286. The minimum atomic E-state index is -0.286. The maximum absolute atomic E-state index is 12.9. The molecular weight excluding hydrogens is 292 g/mol. The van der Waals surface area contributed by atoms with E-state index in [4.69, 9.17) is 4.74 Å². The van der Waals surface area contributed by atoms with E-state index in [2.05, 4.69) is 25.7 Å². The molecule has 0 aliphatic carbocycles. The zero-order valence-corrected chi connectivity index (χ0v) is 15.1. The first-order chi connectivity index (χ1) is 11.0.